The monoisotopic (exact) mass is 417 g/mol. The van der Waals surface area contributed by atoms with Crippen molar-refractivity contribution in [2.75, 3.05) is 0 Å². The number of H-pyrrole nitrogens is 1. The summed E-state index contributed by atoms with van der Waals surface area (Å²) in [6, 6.07) is 5.58. The van der Waals surface area contributed by atoms with E-state index in [4.69, 9.17) is 4.74 Å². The maximum absolute atomic E-state index is 13.0. The van der Waals surface area contributed by atoms with E-state index in [9.17, 15) is 19.5 Å². The predicted octanol–water partition coefficient (Wildman–Crippen LogP) is 3.22. The molecule has 0 unspecified atom stereocenters. The Bertz CT molecular complexity index is 900. The predicted molar refractivity (Wildman–Crippen MR) is 114 cm³/mol. The van der Waals surface area contributed by atoms with E-state index in [-0.39, 0.29) is 12.3 Å². The smallest absolute Gasteiger partial charge is 0.408 e. The maximum atomic E-state index is 13.0. The van der Waals surface area contributed by atoms with E-state index < -0.39 is 35.7 Å². The van der Waals surface area contributed by atoms with Crippen molar-refractivity contribution in [3.8, 4) is 0 Å². The summed E-state index contributed by atoms with van der Waals surface area (Å²) in [6.07, 6.45) is 1.81. The summed E-state index contributed by atoms with van der Waals surface area (Å²) in [5.41, 5.74) is 1.01. The first kappa shape index (κ1) is 23.3. The van der Waals surface area contributed by atoms with Crippen molar-refractivity contribution in [1.82, 2.24) is 15.6 Å². The van der Waals surface area contributed by atoms with Crippen molar-refractivity contribution >= 4 is 28.9 Å². The zero-order chi connectivity index (χ0) is 22.5. The SMILES string of the molecule is CC[C@H](C)[C@H](NC(=O)[C@H](Cc1c[nH]c2ccccc12)NC(=O)OC(C)(C)C)C(=O)O. The third-order valence-corrected chi connectivity index (χ3v) is 4.88. The first-order valence-corrected chi connectivity index (χ1v) is 10.1. The highest BCUT2D eigenvalue weighted by atomic mass is 16.6. The quantitative estimate of drug-likeness (QED) is 0.526. The summed E-state index contributed by atoms with van der Waals surface area (Å²) in [5.74, 6) is -1.94. The van der Waals surface area contributed by atoms with Gasteiger partial charge in [-0.3, -0.25) is 4.79 Å². The minimum absolute atomic E-state index is 0.182. The molecule has 0 aliphatic rings. The molecule has 0 saturated heterocycles. The highest BCUT2D eigenvalue weighted by Gasteiger charge is 2.31. The number of aromatic amines is 1. The van der Waals surface area contributed by atoms with Crippen molar-refractivity contribution in [2.45, 2.75) is 65.1 Å². The van der Waals surface area contributed by atoms with Crippen molar-refractivity contribution in [1.29, 1.82) is 0 Å². The number of carbonyl (C=O) groups excluding carboxylic acids is 2. The molecule has 4 N–H and O–H groups in total. The lowest BCUT2D eigenvalue weighted by Crippen LogP contribution is -2.54. The lowest BCUT2D eigenvalue weighted by Gasteiger charge is -2.26. The third kappa shape index (κ3) is 6.23. The lowest BCUT2D eigenvalue weighted by molar-refractivity contribution is -0.143. The number of para-hydroxylation sites is 1. The zero-order valence-corrected chi connectivity index (χ0v) is 18.1. The van der Waals surface area contributed by atoms with E-state index in [1.165, 1.54) is 0 Å². The van der Waals surface area contributed by atoms with Crippen LogP contribution in [-0.4, -0.2) is 45.7 Å². The molecule has 0 aliphatic heterocycles. The van der Waals surface area contributed by atoms with Crippen LogP contribution in [0.1, 0.15) is 46.6 Å². The van der Waals surface area contributed by atoms with E-state index in [2.05, 4.69) is 15.6 Å². The third-order valence-electron chi connectivity index (χ3n) is 4.88. The summed E-state index contributed by atoms with van der Waals surface area (Å²) in [5, 5.41) is 15.6. The second kappa shape index (κ2) is 9.65. The van der Waals surface area contributed by atoms with Gasteiger partial charge >= 0.3 is 12.1 Å². The Hall–Kier alpha value is -3.03. The first-order valence-electron chi connectivity index (χ1n) is 10.1. The summed E-state index contributed by atoms with van der Waals surface area (Å²) >= 11 is 0. The Morgan fingerprint density at radius 2 is 1.83 bits per heavy atom. The molecule has 0 fully saturated rings. The fraction of sp³-hybridized carbons (Fsp3) is 0.500. The fourth-order valence-corrected chi connectivity index (χ4v) is 3.12. The van der Waals surface area contributed by atoms with Crippen LogP contribution in [0.15, 0.2) is 30.5 Å². The molecule has 2 rings (SSSR count). The molecule has 1 aromatic heterocycles. The molecule has 2 amide bonds. The standard InChI is InChI=1S/C22H31N3O5/c1-6-13(2)18(20(27)28)25-19(26)17(24-21(29)30-22(3,4)5)11-14-12-23-16-10-8-7-9-15(14)16/h7-10,12-13,17-18,23H,6,11H2,1-5H3,(H,24,29)(H,25,26)(H,27,28)/t13-,17-,18-/m0/s1. The van der Waals surface area contributed by atoms with Gasteiger partial charge in [-0.15, -0.1) is 0 Å². The summed E-state index contributed by atoms with van der Waals surface area (Å²) < 4.78 is 5.29. The number of nitrogens with one attached hydrogen (secondary N) is 3. The van der Waals surface area contributed by atoms with Gasteiger partial charge in [-0.2, -0.15) is 0 Å². The molecular weight excluding hydrogens is 386 g/mol. The van der Waals surface area contributed by atoms with Crippen LogP contribution in [0.4, 0.5) is 4.79 Å². The number of hydrogen-bond acceptors (Lipinski definition) is 4. The molecule has 0 radical (unpaired) electrons. The fourth-order valence-electron chi connectivity index (χ4n) is 3.12. The van der Waals surface area contributed by atoms with Gasteiger partial charge in [0.1, 0.15) is 17.7 Å². The summed E-state index contributed by atoms with van der Waals surface area (Å²) in [7, 11) is 0. The lowest BCUT2D eigenvalue weighted by atomic mass is 9.98. The number of fused-ring (bicyclic) bond motifs is 1. The summed E-state index contributed by atoms with van der Waals surface area (Å²) in [4.78, 5) is 40.1. The van der Waals surface area contributed by atoms with Gasteiger partial charge in [0.25, 0.3) is 0 Å². The van der Waals surface area contributed by atoms with Crippen LogP contribution in [0.3, 0.4) is 0 Å². The van der Waals surface area contributed by atoms with Crippen LogP contribution >= 0.6 is 0 Å². The Morgan fingerprint density at radius 3 is 2.43 bits per heavy atom. The number of alkyl carbamates (subject to hydrolysis) is 1. The normalized spacial score (nSPS) is 14.6. The van der Waals surface area contributed by atoms with E-state index in [0.717, 1.165) is 16.5 Å². The molecule has 1 heterocycles. The van der Waals surface area contributed by atoms with Crippen LogP contribution in [-0.2, 0) is 20.7 Å². The molecular formula is C22H31N3O5. The van der Waals surface area contributed by atoms with Crippen molar-refractivity contribution in [3.05, 3.63) is 36.0 Å². The molecule has 3 atom stereocenters. The minimum Gasteiger partial charge on any atom is -0.480 e. The molecule has 2 aromatic rings. The number of benzene rings is 1. The number of aliphatic carboxylic acids is 1. The highest BCUT2D eigenvalue weighted by Crippen LogP contribution is 2.20. The Balaban J connectivity index is 2.26. The van der Waals surface area contributed by atoms with Crippen LogP contribution < -0.4 is 10.6 Å². The number of carboxylic acids is 1. The number of carbonyl (C=O) groups is 3. The molecule has 8 heteroatoms. The second-order valence-electron chi connectivity index (χ2n) is 8.47. The van der Waals surface area contributed by atoms with E-state index in [1.54, 1.807) is 33.9 Å². The second-order valence-corrected chi connectivity index (χ2v) is 8.47. The largest absolute Gasteiger partial charge is 0.480 e. The molecule has 0 saturated carbocycles. The van der Waals surface area contributed by atoms with Crippen LogP contribution in [0.2, 0.25) is 0 Å². The summed E-state index contributed by atoms with van der Waals surface area (Å²) in [6.45, 7) is 8.80. The average Bonchev–Trinajstić information content (AvgIpc) is 3.06. The number of rotatable bonds is 8. The maximum Gasteiger partial charge on any atom is 0.408 e. The van der Waals surface area contributed by atoms with Gasteiger partial charge in [0, 0.05) is 23.5 Å². The van der Waals surface area contributed by atoms with Crippen LogP contribution in [0, 0.1) is 5.92 Å². The van der Waals surface area contributed by atoms with Gasteiger partial charge in [-0.25, -0.2) is 9.59 Å². The molecule has 1 aromatic carbocycles. The number of hydrogen-bond donors (Lipinski definition) is 4. The number of ether oxygens (including phenoxy) is 1. The topological polar surface area (TPSA) is 121 Å². The molecule has 30 heavy (non-hydrogen) atoms. The molecule has 0 bridgehead atoms. The molecule has 0 spiro atoms. The zero-order valence-electron chi connectivity index (χ0n) is 18.1. The van der Waals surface area contributed by atoms with Gasteiger partial charge in [-0.1, -0.05) is 38.5 Å². The van der Waals surface area contributed by atoms with E-state index >= 15 is 0 Å². The Labute approximate surface area is 176 Å². The van der Waals surface area contributed by atoms with Gasteiger partial charge in [0.15, 0.2) is 0 Å². The van der Waals surface area contributed by atoms with E-state index in [0.29, 0.717) is 6.42 Å². The molecule has 0 aliphatic carbocycles. The van der Waals surface area contributed by atoms with Crippen LogP contribution in [0.5, 0.6) is 0 Å². The Morgan fingerprint density at radius 1 is 1.17 bits per heavy atom. The highest BCUT2D eigenvalue weighted by molar-refractivity contribution is 5.91. The van der Waals surface area contributed by atoms with Gasteiger partial charge < -0.3 is 25.5 Å². The number of aromatic nitrogens is 1. The van der Waals surface area contributed by atoms with Crippen LogP contribution in [0.25, 0.3) is 10.9 Å². The average molecular weight is 418 g/mol. The van der Waals surface area contributed by atoms with Gasteiger partial charge in [-0.05, 0) is 38.3 Å². The number of carboxylic acid groups (broad SMARTS) is 1. The van der Waals surface area contributed by atoms with Crippen molar-refractivity contribution in [3.63, 3.8) is 0 Å². The van der Waals surface area contributed by atoms with Gasteiger partial charge in [0.2, 0.25) is 5.91 Å². The van der Waals surface area contributed by atoms with Gasteiger partial charge in [0.05, 0.1) is 0 Å². The first-order chi connectivity index (χ1) is 14.0. The Kier molecular flexibility index (Phi) is 7.48. The van der Waals surface area contributed by atoms with E-state index in [1.807, 2.05) is 31.2 Å². The number of amides is 2. The molecule has 8 nitrogen and oxygen atoms in total. The van der Waals surface area contributed by atoms with Crippen molar-refractivity contribution in [2.24, 2.45) is 5.92 Å². The minimum atomic E-state index is -1.11. The van der Waals surface area contributed by atoms with Crippen molar-refractivity contribution < 1.29 is 24.2 Å². The molecule has 164 valence electrons.